The molecule has 8 aromatic carbocycles. The van der Waals surface area contributed by atoms with Crippen LogP contribution in [0.2, 0.25) is 0 Å². The van der Waals surface area contributed by atoms with E-state index < -0.39 is 0 Å². The summed E-state index contributed by atoms with van der Waals surface area (Å²) in [5, 5.41) is 10.8. The van der Waals surface area contributed by atoms with E-state index in [9.17, 15) is 0 Å². The lowest BCUT2D eigenvalue weighted by Crippen LogP contribution is -1.76. The zero-order valence-corrected chi connectivity index (χ0v) is 37.7. The van der Waals surface area contributed by atoms with Crippen LogP contribution in [0.3, 0.4) is 0 Å². The third-order valence-corrected chi connectivity index (χ3v) is 19.9. The quantitative estimate of drug-likeness (QED) is 0.161. The number of hydrogen-bond donors (Lipinski definition) is 0. The van der Waals surface area contributed by atoms with Gasteiger partial charge in [-0.2, -0.15) is 0 Å². The average molecular weight is 895 g/mol. The normalized spacial score (nSPS) is 12.2. The van der Waals surface area contributed by atoms with Crippen LogP contribution in [0.5, 0.6) is 0 Å². The Morgan fingerprint density at radius 2 is 0.500 bits per heavy atom. The van der Waals surface area contributed by atoms with Crippen molar-refractivity contribution in [3.8, 4) is 52.9 Å². The predicted octanol–water partition coefficient (Wildman–Crippen LogP) is 19.6. The van der Waals surface area contributed by atoms with Gasteiger partial charge in [-0.3, -0.25) is 0 Å². The second-order valence-electron chi connectivity index (χ2n) is 15.9. The Morgan fingerprint density at radius 1 is 0.194 bits per heavy atom. The van der Waals surface area contributed by atoms with E-state index in [-0.39, 0.29) is 0 Å². The maximum atomic E-state index is 2.42. The smallest absolute Gasteiger partial charge is 0.0534 e. The van der Waals surface area contributed by atoms with Crippen molar-refractivity contribution in [1.29, 1.82) is 0 Å². The summed E-state index contributed by atoms with van der Waals surface area (Å²) in [6, 6.07) is 68.1. The number of thiophene rings is 6. The highest BCUT2D eigenvalue weighted by Gasteiger charge is 2.18. The van der Waals surface area contributed by atoms with E-state index in [1.165, 1.54) is 134 Å². The van der Waals surface area contributed by atoms with E-state index in [4.69, 9.17) is 0 Å². The summed E-state index contributed by atoms with van der Waals surface area (Å²) in [5.74, 6) is 0. The van der Waals surface area contributed by atoms with Crippen LogP contribution < -0.4 is 0 Å². The molecular weight excluding hydrogens is 865 g/mol. The van der Waals surface area contributed by atoms with Crippen molar-refractivity contribution >= 4 is 149 Å². The lowest BCUT2D eigenvalue weighted by Gasteiger charge is -2.02. The summed E-state index contributed by atoms with van der Waals surface area (Å²) in [7, 11) is 0. The van der Waals surface area contributed by atoms with Gasteiger partial charge in [0.05, 0.1) is 18.8 Å². The van der Waals surface area contributed by atoms with Gasteiger partial charge in [-0.1, -0.05) is 109 Å². The summed E-state index contributed by atoms with van der Waals surface area (Å²) in [5.41, 5.74) is 7.64. The summed E-state index contributed by atoms with van der Waals surface area (Å²) in [6.07, 6.45) is 0. The Morgan fingerprint density at radius 3 is 0.855 bits per heavy atom. The van der Waals surface area contributed by atoms with Crippen molar-refractivity contribution in [1.82, 2.24) is 0 Å². The van der Waals surface area contributed by atoms with Crippen molar-refractivity contribution in [2.24, 2.45) is 0 Å². The second kappa shape index (κ2) is 13.8. The summed E-state index contributed by atoms with van der Waals surface area (Å²) in [4.78, 5) is 5.25. The van der Waals surface area contributed by atoms with E-state index in [0.29, 0.717) is 0 Å². The van der Waals surface area contributed by atoms with Crippen LogP contribution in [0.25, 0.3) is 134 Å². The molecule has 0 aliphatic rings. The molecule has 6 heterocycles. The van der Waals surface area contributed by atoms with Crippen LogP contribution in [0.1, 0.15) is 0 Å². The molecule has 14 aromatic rings. The molecule has 62 heavy (non-hydrogen) atoms. The van der Waals surface area contributed by atoms with Gasteiger partial charge < -0.3 is 0 Å². The molecule has 0 aliphatic heterocycles. The summed E-state index contributed by atoms with van der Waals surface area (Å²) < 4.78 is 11.0. The van der Waals surface area contributed by atoms with Gasteiger partial charge in [0.2, 0.25) is 0 Å². The minimum Gasteiger partial charge on any atom is -0.134 e. The number of benzene rings is 8. The molecular formula is C56H30S6. The molecule has 290 valence electrons. The maximum Gasteiger partial charge on any atom is 0.0534 e. The Labute approximate surface area is 380 Å². The zero-order valence-electron chi connectivity index (χ0n) is 32.8. The molecule has 0 amide bonds. The minimum absolute atomic E-state index is 1.26. The highest BCUT2D eigenvalue weighted by Crippen LogP contribution is 2.49. The standard InChI is InChI=1S/C56H30S6/c1-3-7-31(8-4-1)33-11-19-47-41(27-33)37-15-17-39-43-29-35(13-21-49(43)61-55(39)53(37)59-47)45-23-25-51(57-45)52-26-24-46(58-52)36-14-22-50-44(30-36)40-18-16-38-42-28-34(32-9-5-2-6-10-32)12-20-48(42)60-54(38)56(40)62-50/h1-30H. The number of rotatable bonds is 5. The number of hydrogen-bond acceptors (Lipinski definition) is 6. The lowest BCUT2D eigenvalue weighted by atomic mass is 10.0. The van der Waals surface area contributed by atoms with Crippen molar-refractivity contribution < 1.29 is 0 Å². The molecule has 0 saturated carbocycles. The van der Waals surface area contributed by atoms with Gasteiger partial charge in [0.25, 0.3) is 0 Å². The van der Waals surface area contributed by atoms with Crippen LogP contribution in [0, 0.1) is 0 Å². The van der Waals surface area contributed by atoms with Gasteiger partial charge in [0.1, 0.15) is 0 Å². The van der Waals surface area contributed by atoms with Crippen LogP contribution in [0.15, 0.2) is 182 Å². The topological polar surface area (TPSA) is 0 Å². The largest absolute Gasteiger partial charge is 0.134 e. The third-order valence-electron chi connectivity index (χ3n) is 12.4. The van der Waals surface area contributed by atoms with E-state index in [0.717, 1.165) is 0 Å². The molecule has 0 saturated heterocycles. The van der Waals surface area contributed by atoms with Gasteiger partial charge in [-0.05, 0) is 106 Å². The molecule has 0 bridgehead atoms. The molecule has 6 heteroatoms. The van der Waals surface area contributed by atoms with Gasteiger partial charge in [-0.15, -0.1) is 68.0 Å². The fourth-order valence-electron chi connectivity index (χ4n) is 9.31. The Kier molecular flexibility index (Phi) is 7.91. The van der Waals surface area contributed by atoms with Crippen molar-refractivity contribution in [2.45, 2.75) is 0 Å². The van der Waals surface area contributed by atoms with E-state index in [1.54, 1.807) is 0 Å². The van der Waals surface area contributed by atoms with Gasteiger partial charge in [0.15, 0.2) is 0 Å². The van der Waals surface area contributed by atoms with Crippen molar-refractivity contribution in [3.63, 3.8) is 0 Å². The Bertz CT molecular complexity index is 3820. The van der Waals surface area contributed by atoms with Gasteiger partial charge >= 0.3 is 0 Å². The first-order chi connectivity index (χ1) is 30.7. The van der Waals surface area contributed by atoms with Crippen molar-refractivity contribution in [3.05, 3.63) is 182 Å². The van der Waals surface area contributed by atoms with Crippen LogP contribution in [-0.4, -0.2) is 0 Å². The molecule has 0 fully saturated rings. The monoisotopic (exact) mass is 894 g/mol. The maximum absolute atomic E-state index is 2.42. The number of fused-ring (bicyclic) bond motifs is 14. The third kappa shape index (κ3) is 5.51. The van der Waals surface area contributed by atoms with E-state index in [1.807, 2.05) is 68.0 Å². The summed E-state index contributed by atoms with van der Waals surface area (Å²) in [6.45, 7) is 0. The highest BCUT2D eigenvalue weighted by molar-refractivity contribution is 7.34. The highest BCUT2D eigenvalue weighted by atomic mass is 32.1. The molecule has 0 aliphatic carbocycles. The SMILES string of the molecule is c1ccc(-c2ccc3sc4c(ccc5c6cc(-c7ccc(-c8ccc(-c9ccc%10sc%11c(ccc%12c%13cc(-c%14ccccc%14)ccc%13sc%12%11)c%10c9)s8)s7)ccc6sc54)c3c2)cc1. The van der Waals surface area contributed by atoms with E-state index >= 15 is 0 Å². The van der Waals surface area contributed by atoms with Crippen LogP contribution >= 0.6 is 68.0 Å². The predicted molar refractivity (Wildman–Crippen MR) is 281 cm³/mol. The molecule has 14 rings (SSSR count). The molecule has 0 N–H and O–H groups in total. The van der Waals surface area contributed by atoms with Crippen LogP contribution in [-0.2, 0) is 0 Å². The average Bonchev–Trinajstić information content (AvgIpc) is 4.19. The first-order valence-corrected chi connectivity index (χ1v) is 25.5. The molecule has 0 radical (unpaired) electrons. The molecule has 0 atom stereocenters. The first kappa shape index (κ1) is 35.6. The lowest BCUT2D eigenvalue weighted by molar-refractivity contribution is 1.66. The van der Waals surface area contributed by atoms with Crippen LogP contribution in [0.4, 0.5) is 0 Å². The van der Waals surface area contributed by atoms with Gasteiger partial charge in [0, 0.05) is 81.4 Å². The van der Waals surface area contributed by atoms with Gasteiger partial charge in [-0.25, -0.2) is 0 Å². The Balaban J connectivity index is 0.778. The molecule has 6 aromatic heterocycles. The first-order valence-electron chi connectivity index (χ1n) is 20.6. The van der Waals surface area contributed by atoms with E-state index in [2.05, 4.69) is 182 Å². The fourth-order valence-corrected chi connectivity index (χ4v) is 16.4. The Hall–Kier alpha value is -5.96. The fraction of sp³-hybridized carbons (Fsp3) is 0. The second-order valence-corrected chi connectivity index (χ2v) is 22.3. The molecule has 0 nitrogen and oxygen atoms in total. The minimum atomic E-state index is 1.26. The summed E-state index contributed by atoms with van der Waals surface area (Å²) >= 11 is 11.5. The zero-order chi connectivity index (χ0) is 40.5. The molecule has 0 unspecified atom stereocenters. The molecule has 0 spiro atoms. The van der Waals surface area contributed by atoms with Crippen molar-refractivity contribution in [2.75, 3.05) is 0 Å².